The van der Waals surface area contributed by atoms with Crippen LogP contribution in [0.3, 0.4) is 0 Å². The summed E-state index contributed by atoms with van der Waals surface area (Å²) in [5.41, 5.74) is 1.13. The molecule has 0 fully saturated rings. The molecule has 0 bridgehead atoms. The lowest BCUT2D eigenvalue weighted by Crippen LogP contribution is -1.74. The molecule has 0 N–H and O–H groups in total. The minimum atomic E-state index is 1.04. The first-order chi connectivity index (χ1) is 3.31. The van der Waals surface area contributed by atoms with Crippen molar-refractivity contribution in [2.24, 2.45) is 0 Å². The quantitative estimate of drug-likeness (QED) is 0.507. The second-order valence-corrected chi connectivity index (χ2v) is 1.76. The fraction of sp³-hybridized carbons (Fsp3) is 0.714. The Kier molecular flexibility index (Phi) is 3.77. The highest BCUT2D eigenvalue weighted by molar-refractivity contribution is 4.87. The van der Waals surface area contributed by atoms with Crippen molar-refractivity contribution in [3.63, 3.8) is 0 Å². The van der Waals surface area contributed by atoms with Crippen LogP contribution in [0.5, 0.6) is 0 Å². The smallest absolute Gasteiger partial charge is 0.0320 e. The largest absolute Gasteiger partial charge is 0.0705 e. The topological polar surface area (TPSA) is 0 Å². The zero-order chi connectivity index (χ0) is 5.70. The molecule has 0 aromatic carbocycles. The lowest BCUT2D eigenvalue weighted by atomic mass is 10.1. The third-order valence-electron chi connectivity index (χ3n) is 1.03. The Labute approximate surface area is 46.2 Å². The second-order valence-electron chi connectivity index (χ2n) is 1.76. The van der Waals surface area contributed by atoms with Crippen LogP contribution in [0.15, 0.2) is 5.57 Å². The van der Waals surface area contributed by atoms with Gasteiger partial charge in [-0.15, -0.1) is 0 Å². The number of hydrogen-bond acceptors (Lipinski definition) is 0. The van der Waals surface area contributed by atoms with E-state index < -0.39 is 0 Å². The Bertz CT molecular complexity index is 53.1. The first-order valence-corrected chi connectivity index (χ1v) is 2.91. The molecule has 0 rings (SSSR count). The highest BCUT2D eigenvalue weighted by Crippen LogP contribution is 2.03. The number of rotatable bonds is 3. The summed E-state index contributed by atoms with van der Waals surface area (Å²) in [4.78, 5) is 0. The summed E-state index contributed by atoms with van der Waals surface area (Å²) in [6.07, 6.45) is 3.31. The van der Waals surface area contributed by atoms with Crippen LogP contribution < -0.4 is 0 Å². The van der Waals surface area contributed by atoms with Gasteiger partial charge < -0.3 is 0 Å². The van der Waals surface area contributed by atoms with Gasteiger partial charge in [0.2, 0.25) is 0 Å². The molecular formula is C7H13. The van der Waals surface area contributed by atoms with Crippen LogP contribution in [0.25, 0.3) is 0 Å². The van der Waals surface area contributed by atoms with E-state index in [0.29, 0.717) is 0 Å². The lowest BCUT2D eigenvalue weighted by molar-refractivity contribution is 0.861. The van der Waals surface area contributed by atoms with Crippen molar-refractivity contribution in [3.05, 3.63) is 12.2 Å². The molecule has 0 aliphatic carbocycles. The zero-order valence-corrected chi connectivity index (χ0v) is 5.20. The molecular weight excluding hydrogens is 84.1 g/mol. The molecule has 0 aromatic rings. The molecule has 7 heavy (non-hydrogen) atoms. The number of hydrogen-bond donors (Lipinski definition) is 0. The van der Waals surface area contributed by atoms with Gasteiger partial charge in [0.25, 0.3) is 0 Å². The van der Waals surface area contributed by atoms with Crippen molar-refractivity contribution in [1.29, 1.82) is 0 Å². The van der Waals surface area contributed by atoms with Gasteiger partial charge in [0.15, 0.2) is 0 Å². The van der Waals surface area contributed by atoms with Gasteiger partial charge in [-0.05, 0) is 12.8 Å². The molecule has 0 unspecified atom stereocenters. The summed E-state index contributed by atoms with van der Waals surface area (Å²) in [5, 5.41) is 0. The van der Waals surface area contributed by atoms with E-state index in [4.69, 9.17) is 6.58 Å². The maximum absolute atomic E-state index is 5.50. The summed E-state index contributed by atoms with van der Waals surface area (Å²) in [5.74, 6) is 0. The van der Waals surface area contributed by atoms with Crippen LogP contribution in [0.1, 0.15) is 33.1 Å². The van der Waals surface area contributed by atoms with E-state index >= 15 is 0 Å². The average Bonchev–Trinajstić information content (AvgIpc) is 1.68. The average molecular weight is 97.2 g/mol. The SMILES string of the molecule is [CH]=C(CC)CCC. The van der Waals surface area contributed by atoms with Crippen LogP contribution >= 0.6 is 0 Å². The van der Waals surface area contributed by atoms with Gasteiger partial charge in [-0.1, -0.05) is 32.4 Å². The van der Waals surface area contributed by atoms with E-state index in [1.807, 2.05) is 0 Å². The molecule has 0 atom stereocenters. The Morgan fingerprint density at radius 1 is 1.43 bits per heavy atom. The summed E-state index contributed by atoms with van der Waals surface area (Å²) >= 11 is 0. The predicted molar refractivity (Wildman–Crippen MR) is 33.0 cm³/mol. The number of allylic oxidation sites excluding steroid dienone is 1. The van der Waals surface area contributed by atoms with Gasteiger partial charge in [0.05, 0.1) is 0 Å². The predicted octanol–water partition coefficient (Wildman–Crippen LogP) is 2.56. The summed E-state index contributed by atoms with van der Waals surface area (Å²) in [7, 11) is 0. The van der Waals surface area contributed by atoms with E-state index in [-0.39, 0.29) is 0 Å². The highest BCUT2D eigenvalue weighted by atomic mass is 13.9. The minimum Gasteiger partial charge on any atom is -0.0705 e. The van der Waals surface area contributed by atoms with Gasteiger partial charge >= 0.3 is 0 Å². The molecule has 41 valence electrons. The van der Waals surface area contributed by atoms with E-state index in [1.165, 1.54) is 6.42 Å². The van der Waals surface area contributed by atoms with Gasteiger partial charge in [0, 0.05) is 0 Å². The fourth-order valence-corrected chi connectivity index (χ4v) is 0.498. The Hall–Kier alpha value is -0.260. The third-order valence-corrected chi connectivity index (χ3v) is 1.03. The molecule has 0 saturated carbocycles. The van der Waals surface area contributed by atoms with Crippen LogP contribution in [-0.2, 0) is 0 Å². The molecule has 0 spiro atoms. The van der Waals surface area contributed by atoms with Gasteiger partial charge in [-0.3, -0.25) is 0 Å². The third kappa shape index (κ3) is 3.57. The van der Waals surface area contributed by atoms with Crippen LogP contribution in [0.4, 0.5) is 0 Å². The summed E-state index contributed by atoms with van der Waals surface area (Å²) < 4.78 is 0. The standard InChI is InChI=1S/C7H13/c1-4-6-7(3)5-2/h3H,4-6H2,1-2H3. The molecule has 0 saturated heterocycles. The lowest BCUT2D eigenvalue weighted by Gasteiger charge is -1.93. The van der Waals surface area contributed by atoms with Crippen LogP contribution in [-0.4, -0.2) is 0 Å². The maximum atomic E-state index is 5.50. The van der Waals surface area contributed by atoms with Crippen molar-refractivity contribution >= 4 is 0 Å². The molecule has 0 heteroatoms. The van der Waals surface area contributed by atoms with Crippen molar-refractivity contribution in [3.8, 4) is 0 Å². The molecule has 0 heterocycles. The first-order valence-electron chi connectivity index (χ1n) is 2.91. The fourth-order valence-electron chi connectivity index (χ4n) is 0.498. The minimum absolute atomic E-state index is 1.04. The zero-order valence-electron chi connectivity index (χ0n) is 5.20. The van der Waals surface area contributed by atoms with E-state index in [9.17, 15) is 0 Å². The molecule has 0 nitrogen and oxygen atoms in total. The first kappa shape index (κ1) is 6.74. The van der Waals surface area contributed by atoms with E-state index in [1.54, 1.807) is 0 Å². The molecule has 0 aliphatic rings. The Morgan fingerprint density at radius 2 is 2.00 bits per heavy atom. The monoisotopic (exact) mass is 97.1 g/mol. The van der Waals surface area contributed by atoms with Crippen molar-refractivity contribution in [1.82, 2.24) is 0 Å². The molecule has 1 radical (unpaired) electrons. The Balaban J connectivity index is 3.00. The van der Waals surface area contributed by atoms with E-state index in [0.717, 1.165) is 18.4 Å². The summed E-state index contributed by atoms with van der Waals surface area (Å²) in [6.45, 7) is 9.73. The maximum Gasteiger partial charge on any atom is -0.0320 e. The Morgan fingerprint density at radius 3 is 2.14 bits per heavy atom. The molecule has 0 aromatic heterocycles. The molecule has 0 aliphatic heterocycles. The van der Waals surface area contributed by atoms with Crippen molar-refractivity contribution in [2.45, 2.75) is 33.1 Å². The van der Waals surface area contributed by atoms with Gasteiger partial charge in [-0.2, -0.15) is 0 Å². The molecule has 0 amide bonds. The normalized spacial score (nSPS) is 8.86. The van der Waals surface area contributed by atoms with Crippen LogP contribution in [0, 0.1) is 6.58 Å². The van der Waals surface area contributed by atoms with Crippen LogP contribution in [0.2, 0.25) is 0 Å². The van der Waals surface area contributed by atoms with Gasteiger partial charge in [-0.25, -0.2) is 0 Å². The van der Waals surface area contributed by atoms with Gasteiger partial charge in [0.1, 0.15) is 0 Å². The van der Waals surface area contributed by atoms with E-state index in [2.05, 4.69) is 13.8 Å². The van der Waals surface area contributed by atoms with Crippen molar-refractivity contribution in [2.75, 3.05) is 0 Å². The summed E-state index contributed by atoms with van der Waals surface area (Å²) in [6, 6.07) is 0. The second kappa shape index (κ2) is 3.91. The highest BCUT2D eigenvalue weighted by Gasteiger charge is 1.83. The van der Waals surface area contributed by atoms with Crippen molar-refractivity contribution < 1.29 is 0 Å².